The van der Waals surface area contributed by atoms with Crippen molar-refractivity contribution in [2.75, 3.05) is 49.5 Å². The predicted molar refractivity (Wildman–Crippen MR) is 124 cm³/mol. The summed E-state index contributed by atoms with van der Waals surface area (Å²) in [5.74, 6) is -0.315. The molecule has 0 aliphatic carbocycles. The van der Waals surface area contributed by atoms with Crippen molar-refractivity contribution >= 4 is 29.1 Å². The van der Waals surface area contributed by atoms with Crippen LogP contribution in [0.2, 0.25) is 0 Å². The van der Waals surface area contributed by atoms with Gasteiger partial charge in [-0.15, -0.1) is 0 Å². The molecule has 2 aliphatic rings. The number of hydrogen-bond acceptors (Lipinski definition) is 4. The number of carbonyl (C=O) groups excluding carboxylic acids is 3. The molecular weight excluding hydrogens is 404 g/mol. The highest BCUT2D eigenvalue weighted by molar-refractivity contribution is 6.01. The molecule has 3 amide bonds. The van der Waals surface area contributed by atoms with Crippen molar-refractivity contribution in [1.29, 1.82) is 0 Å². The van der Waals surface area contributed by atoms with Gasteiger partial charge in [0.05, 0.1) is 12.5 Å². The highest BCUT2D eigenvalue weighted by atomic mass is 16.2. The minimum Gasteiger partial charge on any atom is -0.340 e. The van der Waals surface area contributed by atoms with Crippen molar-refractivity contribution in [3.63, 3.8) is 0 Å². The lowest BCUT2D eigenvalue weighted by Crippen LogP contribution is -2.52. The van der Waals surface area contributed by atoms with Crippen LogP contribution in [0.1, 0.15) is 17.5 Å². The van der Waals surface area contributed by atoms with Crippen molar-refractivity contribution in [3.05, 3.63) is 59.7 Å². The average molecular weight is 435 g/mol. The molecular formula is C25H30N4O3. The van der Waals surface area contributed by atoms with E-state index < -0.39 is 0 Å². The maximum absolute atomic E-state index is 13.1. The van der Waals surface area contributed by atoms with Crippen LogP contribution in [0.3, 0.4) is 0 Å². The summed E-state index contributed by atoms with van der Waals surface area (Å²) >= 11 is 0. The Labute approximate surface area is 189 Å². The molecule has 2 aliphatic heterocycles. The van der Waals surface area contributed by atoms with Crippen LogP contribution in [-0.2, 0) is 14.4 Å². The summed E-state index contributed by atoms with van der Waals surface area (Å²) in [5, 5.41) is 2.90. The molecule has 4 rings (SSSR count). The molecule has 0 spiro atoms. The molecule has 1 N–H and O–H groups in total. The Kier molecular flexibility index (Phi) is 6.55. The zero-order valence-corrected chi connectivity index (χ0v) is 18.7. The topological polar surface area (TPSA) is 73.0 Å². The molecule has 2 aromatic carbocycles. The van der Waals surface area contributed by atoms with Crippen LogP contribution in [-0.4, -0.2) is 66.8 Å². The lowest BCUT2D eigenvalue weighted by atomic mass is 10.1. The summed E-state index contributed by atoms with van der Waals surface area (Å²) < 4.78 is 0. The number of benzene rings is 2. The molecule has 32 heavy (non-hydrogen) atoms. The zero-order chi connectivity index (χ0) is 22.7. The second-order valence-electron chi connectivity index (χ2n) is 8.64. The molecule has 1 unspecified atom stereocenters. The largest absolute Gasteiger partial charge is 0.340 e. The first-order valence-corrected chi connectivity index (χ1v) is 11.1. The quantitative estimate of drug-likeness (QED) is 0.785. The summed E-state index contributed by atoms with van der Waals surface area (Å²) in [6.45, 7) is 7.23. The van der Waals surface area contributed by atoms with Gasteiger partial charge in [-0.2, -0.15) is 0 Å². The molecule has 7 heteroatoms. The van der Waals surface area contributed by atoms with Gasteiger partial charge in [-0.05, 0) is 43.2 Å². The monoisotopic (exact) mass is 434 g/mol. The van der Waals surface area contributed by atoms with E-state index in [0.29, 0.717) is 39.3 Å². The van der Waals surface area contributed by atoms with Gasteiger partial charge in [0, 0.05) is 50.5 Å². The summed E-state index contributed by atoms with van der Waals surface area (Å²) in [6.07, 6.45) is 0.256. The fourth-order valence-electron chi connectivity index (χ4n) is 4.44. The minimum absolute atomic E-state index is 0.00766. The SMILES string of the molecule is Cc1cccc(N2CC(C(=O)N3CCN(CC(=O)Nc4ccccc4)CC3)CC2=O)c1C. The number of carbonyl (C=O) groups is 3. The van der Waals surface area contributed by atoms with Gasteiger partial charge < -0.3 is 15.1 Å². The Hall–Kier alpha value is -3.19. The van der Waals surface area contributed by atoms with Crippen LogP contribution < -0.4 is 10.2 Å². The van der Waals surface area contributed by atoms with Crippen molar-refractivity contribution in [3.8, 4) is 0 Å². The Morgan fingerprint density at radius 2 is 1.69 bits per heavy atom. The van der Waals surface area contributed by atoms with Crippen LogP contribution in [0, 0.1) is 19.8 Å². The lowest BCUT2D eigenvalue weighted by molar-refractivity contribution is -0.137. The van der Waals surface area contributed by atoms with E-state index in [0.717, 1.165) is 22.5 Å². The fraction of sp³-hybridized carbons (Fsp3) is 0.400. The molecule has 0 radical (unpaired) electrons. The first-order valence-electron chi connectivity index (χ1n) is 11.1. The molecule has 2 aromatic rings. The van der Waals surface area contributed by atoms with E-state index in [1.54, 1.807) is 4.90 Å². The molecule has 2 fully saturated rings. The predicted octanol–water partition coefficient (Wildman–Crippen LogP) is 2.44. The van der Waals surface area contributed by atoms with E-state index in [-0.39, 0.29) is 30.1 Å². The van der Waals surface area contributed by atoms with E-state index in [2.05, 4.69) is 10.2 Å². The number of aryl methyl sites for hydroxylation is 1. The normalized spacial score (nSPS) is 19.3. The summed E-state index contributed by atoms with van der Waals surface area (Å²) in [6, 6.07) is 15.3. The van der Waals surface area contributed by atoms with Gasteiger partial charge in [0.2, 0.25) is 17.7 Å². The molecule has 0 saturated carbocycles. The van der Waals surface area contributed by atoms with Crippen LogP contribution in [0.15, 0.2) is 48.5 Å². The van der Waals surface area contributed by atoms with Crippen LogP contribution in [0.4, 0.5) is 11.4 Å². The van der Waals surface area contributed by atoms with E-state index in [9.17, 15) is 14.4 Å². The molecule has 1 atom stereocenters. The average Bonchev–Trinajstić information content (AvgIpc) is 3.17. The molecule has 7 nitrogen and oxygen atoms in total. The lowest BCUT2D eigenvalue weighted by Gasteiger charge is -2.35. The van der Waals surface area contributed by atoms with Gasteiger partial charge in [0.1, 0.15) is 0 Å². The van der Waals surface area contributed by atoms with Gasteiger partial charge in [0.15, 0.2) is 0 Å². The van der Waals surface area contributed by atoms with E-state index >= 15 is 0 Å². The smallest absolute Gasteiger partial charge is 0.238 e. The van der Waals surface area contributed by atoms with E-state index in [1.165, 1.54) is 0 Å². The van der Waals surface area contributed by atoms with Crippen LogP contribution in [0.25, 0.3) is 0 Å². The number of hydrogen-bond donors (Lipinski definition) is 1. The number of piperazine rings is 1. The molecule has 0 bridgehead atoms. The number of anilines is 2. The Morgan fingerprint density at radius 1 is 0.969 bits per heavy atom. The van der Waals surface area contributed by atoms with Gasteiger partial charge in [-0.1, -0.05) is 30.3 Å². The van der Waals surface area contributed by atoms with Crippen molar-refractivity contribution in [2.24, 2.45) is 5.92 Å². The number of amides is 3. The third-order valence-corrected chi connectivity index (χ3v) is 6.45. The van der Waals surface area contributed by atoms with Crippen LogP contribution in [0.5, 0.6) is 0 Å². The maximum Gasteiger partial charge on any atom is 0.238 e. The maximum atomic E-state index is 13.1. The number of rotatable bonds is 5. The molecule has 2 saturated heterocycles. The number of nitrogens with zero attached hydrogens (tertiary/aromatic N) is 3. The number of nitrogens with one attached hydrogen (secondary N) is 1. The van der Waals surface area contributed by atoms with Crippen molar-refractivity contribution in [1.82, 2.24) is 9.80 Å². The highest BCUT2D eigenvalue weighted by Crippen LogP contribution is 2.30. The van der Waals surface area contributed by atoms with Gasteiger partial charge in [-0.25, -0.2) is 0 Å². The molecule has 168 valence electrons. The fourth-order valence-corrected chi connectivity index (χ4v) is 4.44. The Bertz CT molecular complexity index is 1000. The third kappa shape index (κ3) is 4.83. The minimum atomic E-state index is -0.310. The number of para-hydroxylation sites is 1. The molecule has 0 aromatic heterocycles. The Morgan fingerprint density at radius 3 is 2.41 bits per heavy atom. The molecule has 2 heterocycles. The highest BCUT2D eigenvalue weighted by Gasteiger charge is 2.38. The van der Waals surface area contributed by atoms with Gasteiger partial charge in [0.25, 0.3) is 0 Å². The zero-order valence-electron chi connectivity index (χ0n) is 18.7. The first-order chi connectivity index (χ1) is 15.4. The first kappa shape index (κ1) is 22.0. The van der Waals surface area contributed by atoms with E-state index in [4.69, 9.17) is 0 Å². The van der Waals surface area contributed by atoms with Gasteiger partial charge >= 0.3 is 0 Å². The third-order valence-electron chi connectivity index (χ3n) is 6.45. The standard InChI is InChI=1S/C25H30N4O3/c1-18-7-6-10-22(19(18)2)29-16-20(15-24(29)31)25(32)28-13-11-27(12-14-28)17-23(30)26-21-8-4-3-5-9-21/h3-10,20H,11-17H2,1-2H3,(H,26,30). The summed E-state index contributed by atoms with van der Waals surface area (Å²) in [7, 11) is 0. The Balaban J connectivity index is 1.28. The van der Waals surface area contributed by atoms with Crippen molar-refractivity contribution < 1.29 is 14.4 Å². The van der Waals surface area contributed by atoms with Gasteiger partial charge in [-0.3, -0.25) is 19.3 Å². The van der Waals surface area contributed by atoms with Crippen molar-refractivity contribution in [2.45, 2.75) is 20.3 Å². The summed E-state index contributed by atoms with van der Waals surface area (Å²) in [5.41, 5.74) is 3.90. The second kappa shape index (κ2) is 9.53. The van der Waals surface area contributed by atoms with E-state index in [1.807, 2.05) is 67.3 Å². The second-order valence-corrected chi connectivity index (χ2v) is 8.64. The van der Waals surface area contributed by atoms with Crippen LogP contribution >= 0.6 is 0 Å². The summed E-state index contributed by atoms with van der Waals surface area (Å²) in [4.78, 5) is 43.7.